The molecule has 0 saturated heterocycles. The van der Waals surface area contributed by atoms with Crippen molar-refractivity contribution in [2.45, 2.75) is 0 Å². The molecule has 19 heavy (non-hydrogen) atoms. The Labute approximate surface area is 111 Å². The van der Waals surface area contributed by atoms with E-state index >= 15 is 0 Å². The minimum Gasteiger partial charge on any atom is -0.396 e. The molecule has 0 fully saturated rings. The van der Waals surface area contributed by atoms with Crippen LogP contribution in [0.5, 0.6) is 0 Å². The van der Waals surface area contributed by atoms with Gasteiger partial charge in [-0.3, -0.25) is 9.48 Å². The van der Waals surface area contributed by atoms with E-state index in [0.717, 1.165) is 5.69 Å². The van der Waals surface area contributed by atoms with E-state index in [9.17, 15) is 4.79 Å². The Kier molecular flexibility index (Phi) is 3.41. The number of rotatable bonds is 3. The third-order valence-electron chi connectivity index (χ3n) is 2.69. The van der Waals surface area contributed by atoms with Crippen LogP contribution in [0.3, 0.4) is 0 Å². The van der Waals surface area contributed by atoms with E-state index in [2.05, 4.69) is 10.4 Å². The van der Waals surface area contributed by atoms with E-state index in [-0.39, 0.29) is 11.6 Å². The van der Waals surface area contributed by atoms with Crippen molar-refractivity contribution in [3.63, 3.8) is 0 Å². The number of benzene rings is 1. The van der Waals surface area contributed by atoms with Crippen LogP contribution in [0.4, 0.5) is 17.1 Å². The number of carbonyl (C=O) groups is 1. The van der Waals surface area contributed by atoms with Gasteiger partial charge in [0.1, 0.15) is 0 Å². The van der Waals surface area contributed by atoms with Crippen LogP contribution in [0.15, 0.2) is 30.5 Å². The number of nitrogens with one attached hydrogen (secondary N) is 1. The lowest BCUT2D eigenvalue weighted by Gasteiger charge is -2.13. The molecule has 0 atom stereocenters. The third kappa shape index (κ3) is 2.85. The maximum Gasteiger partial charge on any atom is 0.278 e. The van der Waals surface area contributed by atoms with Gasteiger partial charge < -0.3 is 16.0 Å². The first-order valence-electron chi connectivity index (χ1n) is 5.85. The molecule has 2 rings (SSSR count). The van der Waals surface area contributed by atoms with Crippen molar-refractivity contribution >= 4 is 23.0 Å². The molecule has 0 saturated carbocycles. The van der Waals surface area contributed by atoms with Crippen molar-refractivity contribution in [3.8, 4) is 0 Å². The average molecular weight is 259 g/mol. The largest absolute Gasteiger partial charge is 0.396 e. The monoisotopic (exact) mass is 259 g/mol. The zero-order chi connectivity index (χ0) is 14.0. The first-order valence-corrected chi connectivity index (χ1v) is 5.85. The number of carbonyl (C=O) groups excluding carboxylic acids is 1. The van der Waals surface area contributed by atoms with Crippen molar-refractivity contribution in [3.05, 3.63) is 36.2 Å². The molecule has 0 aliphatic carbocycles. The molecule has 3 N–H and O–H groups in total. The lowest BCUT2D eigenvalue weighted by molar-refractivity contribution is 0.102. The summed E-state index contributed by atoms with van der Waals surface area (Å²) < 4.78 is 1.51. The first-order chi connectivity index (χ1) is 8.97. The fraction of sp³-hybridized carbons (Fsp3) is 0.231. The van der Waals surface area contributed by atoms with E-state index in [1.165, 1.54) is 4.68 Å². The minimum absolute atomic E-state index is 0.234. The molecule has 2 aromatic rings. The number of anilines is 3. The van der Waals surface area contributed by atoms with Crippen LogP contribution < -0.4 is 16.0 Å². The molecule has 0 unspecified atom stereocenters. The fourth-order valence-corrected chi connectivity index (χ4v) is 1.74. The molecule has 100 valence electrons. The molecule has 0 radical (unpaired) electrons. The van der Waals surface area contributed by atoms with Crippen LogP contribution >= 0.6 is 0 Å². The summed E-state index contributed by atoms with van der Waals surface area (Å²) in [5.41, 5.74) is 8.04. The summed E-state index contributed by atoms with van der Waals surface area (Å²) in [5, 5.41) is 6.82. The lowest BCUT2D eigenvalue weighted by atomic mass is 10.2. The van der Waals surface area contributed by atoms with Gasteiger partial charge in [0.25, 0.3) is 5.91 Å². The highest BCUT2D eigenvalue weighted by atomic mass is 16.2. The summed E-state index contributed by atoms with van der Waals surface area (Å²) in [6.45, 7) is 0. The van der Waals surface area contributed by atoms with Gasteiger partial charge in [0.15, 0.2) is 5.69 Å². The average Bonchev–Trinajstić information content (AvgIpc) is 2.69. The quantitative estimate of drug-likeness (QED) is 0.871. The van der Waals surface area contributed by atoms with Gasteiger partial charge in [0, 0.05) is 38.7 Å². The predicted molar refractivity (Wildman–Crippen MR) is 76.3 cm³/mol. The maximum absolute atomic E-state index is 12.0. The Morgan fingerprint density at radius 3 is 2.74 bits per heavy atom. The van der Waals surface area contributed by atoms with Gasteiger partial charge in [-0.15, -0.1) is 0 Å². The molecule has 6 nitrogen and oxygen atoms in total. The van der Waals surface area contributed by atoms with Gasteiger partial charge in [0.05, 0.1) is 5.69 Å². The summed E-state index contributed by atoms with van der Waals surface area (Å²) in [6.07, 6.45) is 1.60. The number of hydrogen-bond acceptors (Lipinski definition) is 4. The highest BCUT2D eigenvalue weighted by molar-refractivity contribution is 6.06. The molecule has 0 aliphatic rings. The Bertz CT molecular complexity index is 603. The summed E-state index contributed by atoms with van der Waals surface area (Å²) in [5.74, 6) is -0.311. The van der Waals surface area contributed by atoms with Crippen molar-refractivity contribution in [2.75, 3.05) is 30.0 Å². The Morgan fingerprint density at radius 1 is 1.42 bits per heavy atom. The smallest absolute Gasteiger partial charge is 0.278 e. The number of aromatic nitrogens is 2. The summed E-state index contributed by atoms with van der Waals surface area (Å²) in [7, 11) is 5.61. The Balaban J connectivity index is 2.19. The van der Waals surface area contributed by atoms with Gasteiger partial charge in [0.2, 0.25) is 0 Å². The Hall–Kier alpha value is -2.50. The van der Waals surface area contributed by atoms with Crippen molar-refractivity contribution in [1.29, 1.82) is 0 Å². The number of hydrogen-bond donors (Lipinski definition) is 2. The number of amides is 1. The van der Waals surface area contributed by atoms with E-state index in [1.54, 1.807) is 13.2 Å². The second kappa shape index (κ2) is 5.01. The molecule has 1 aromatic heterocycles. The third-order valence-corrected chi connectivity index (χ3v) is 2.69. The van der Waals surface area contributed by atoms with E-state index in [1.807, 2.05) is 43.3 Å². The second-order valence-electron chi connectivity index (χ2n) is 4.51. The minimum atomic E-state index is -0.311. The number of nitrogens with zero attached hydrogens (tertiary/aromatic N) is 3. The number of nitrogen functional groups attached to an aromatic ring is 1. The van der Waals surface area contributed by atoms with Gasteiger partial charge in [-0.1, -0.05) is 6.07 Å². The van der Waals surface area contributed by atoms with Gasteiger partial charge >= 0.3 is 0 Å². The Morgan fingerprint density at radius 2 is 2.16 bits per heavy atom. The van der Waals surface area contributed by atoms with Crippen LogP contribution in [0.2, 0.25) is 0 Å². The summed E-state index contributed by atoms with van der Waals surface area (Å²) in [6, 6.07) is 7.55. The highest BCUT2D eigenvalue weighted by Gasteiger charge is 2.14. The van der Waals surface area contributed by atoms with Crippen LogP contribution in [0, 0.1) is 0 Å². The molecule has 1 amide bonds. The van der Waals surface area contributed by atoms with Crippen LogP contribution in [-0.4, -0.2) is 29.8 Å². The molecule has 6 heteroatoms. The lowest BCUT2D eigenvalue weighted by Crippen LogP contribution is -2.15. The standard InChI is InChI=1S/C13H17N5O/c1-17(2)10-6-4-5-9(7-10)15-13(19)12-11(14)8-18(3)16-12/h4-8H,14H2,1-3H3,(H,15,19). The molecular weight excluding hydrogens is 242 g/mol. The van der Waals surface area contributed by atoms with Crippen LogP contribution in [-0.2, 0) is 7.05 Å². The predicted octanol–water partition coefficient (Wildman–Crippen LogP) is 1.32. The summed E-state index contributed by atoms with van der Waals surface area (Å²) >= 11 is 0. The highest BCUT2D eigenvalue weighted by Crippen LogP contribution is 2.18. The van der Waals surface area contributed by atoms with Crippen molar-refractivity contribution in [2.24, 2.45) is 7.05 Å². The normalized spacial score (nSPS) is 10.3. The van der Waals surface area contributed by atoms with Gasteiger partial charge in [-0.2, -0.15) is 5.10 Å². The zero-order valence-electron chi connectivity index (χ0n) is 11.2. The number of aryl methyl sites for hydroxylation is 1. The fourth-order valence-electron chi connectivity index (χ4n) is 1.74. The van der Waals surface area contributed by atoms with Gasteiger partial charge in [-0.05, 0) is 18.2 Å². The van der Waals surface area contributed by atoms with E-state index in [0.29, 0.717) is 11.4 Å². The summed E-state index contributed by atoms with van der Waals surface area (Å²) in [4.78, 5) is 14.0. The second-order valence-corrected chi connectivity index (χ2v) is 4.51. The maximum atomic E-state index is 12.0. The molecule has 0 aliphatic heterocycles. The SMILES string of the molecule is CN(C)c1cccc(NC(=O)c2nn(C)cc2N)c1. The first kappa shape index (κ1) is 12.9. The molecule has 0 bridgehead atoms. The van der Waals surface area contributed by atoms with Crippen LogP contribution in [0.1, 0.15) is 10.5 Å². The van der Waals surface area contributed by atoms with Crippen molar-refractivity contribution < 1.29 is 4.79 Å². The van der Waals surface area contributed by atoms with Gasteiger partial charge in [-0.25, -0.2) is 0 Å². The zero-order valence-corrected chi connectivity index (χ0v) is 11.2. The molecule has 1 aromatic carbocycles. The molecule has 0 spiro atoms. The number of nitrogens with two attached hydrogens (primary N) is 1. The van der Waals surface area contributed by atoms with E-state index < -0.39 is 0 Å². The molecule has 1 heterocycles. The topological polar surface area (TPSA) is 76.2 Å². The van der Waals surface area contributed by atoms with Crippen molar-refractivity contribution in [1.82, 2.24) is 9.78 Å². The molecular formula is C13H17N5O. The van der Waals surface area contributed by atoms with E-state index in [4.69, 9.17) is 5.73 Å². The van der Waals surface area contributed by atoms with Crippen LogP contribution in [0.25, 0.3) is 0 Å².